The molecule has 0 spiro atoms. The number of carbonyl (C=O) groups excluding carboxylic acids is 1. The number of fused-ring (bicyclic) bond motifs is 1. The van der Waals surface area contributed by atoms with E-state index >= 15 is 0 Å². The average Bonchev–Trinajstić information content (AvgIpc) is 3.19. The first kappa shape index (κ1) is 20.2. The zero-order chi connectivity index (χ0) is 21.8. The summed E-state index contributed by atoms with van der Waals surface area (Å²) < 4.78 is 12.2. The Hall–Kier alpha value is -4.07. The largest absolute Gasteiger partial charge is 0.497 e. The van der Waals surface area contributed by atoms with Gasteiger partial charge in [-0.3, -0.25) is 10.1 Å². The van der Waals surface area contributed by atoms with Gasteiger partial charge in [0.15, 0.2) is 12.3 Å². The Kier molecular flexibility index (Phi) is 5.70. The van der Waals surface area contributed by atoms with E-state index in [4.69, 9.17) is 9.47 Å². The maximum atomic E-state index is 12.2. The molecular weight excluding hydrogens is 394 g/mol. The van der Waals surface area contributed by atoms with Crippen LogP contribution in [0.15, 0.2) is 66.9 Å². The molecule has 0 saturated carbocycles. The highest BCUT2D eigenvalue weighted by atomic mass is 16.5. The van der Waals surface area contributed by atoms with E-state index in [1.807, 2.05) is 44.6 Å². The number of anilines is 2. The van der Waals surface area contributed by atoms with Gasteiger partial charge < -0.3 is 14.4 Å². The molecule has 2 aromatic carbocycles. The fraction of sp³-hybridized carbons (Fsp3) is 0.174. The van der Waals surface area contributed by atoms with Gasteiger partial charge in [0.25, 0.3) is 5.91 Å². The van der Waals surface area contributed by atoms with Crippen molar-refractivity contribution in [1.82, 2.24) is 14.6 Å². The van der Waals surface area contributed by atoms with Gasteiger partial charge >= 0.3 is 0 Å². The van der Waals surface area contributed by atoms with Crippen LogP contribution in [0.5, 0.6) is 11.5 Å². The number of carbonyl (C=O) groups is 1. The Morgan fingerprint density at radius 3 is 2.52 bits per heavy atom. The maximum absolute atomic E-state index is 12.2. The van der Waals surface area contributed by atoms with Crippen molar-refractivity contribution in [3.05, 3.63) is 66.9 Å². The minimum atomic E-state index is -0.343. The summed E-state index contributed by atoms with van der Waals surface area (Å²) in [7, 11) is 5.61. The second-order valence-electron chi connectivity index (χ2n) is 7.08. The first-order chi connectivity index (χ1) is 15.0. The number of nitrogens with zero attached hydrogens (tertiary/aromatic N) is 4. The van der Waals surface area contributed by atoms with Crippen molar-refractivity contribution in [2.75, 3.05) is 38.0 Å². The lowest BCUT2D eigenvalue weighted by molar-refractivity contribution is -0.118. The molecule has 0 fully saturated rings. The van der Waals surface area contributed by atoms with Gasteiger partial charge in [-0.15, -0.1) is 5.10 Å². The van der Waals surface area contributed by atoms with E-state index < -0.39 is 0 Å². The fourth-order valence-electron chi connectivity index (χ4n) is 3.18. The lowest BCUT2D eigenvalue weighted by atomic mass is 10.1. The summed E-state index contributed by atoms with van der Waals surface area (Å²) in [6.45, 7) is -0.149. The molecule has 1 amide bonds. The van der Waals surface area contributed by atoms with E-state index in [1.54, 1.807) is 35.9 Å². The normalized spacial score (nSPS) is 10.7. The molecule has 0 aliphatic heterocycles. The second kappa shape index (κ2) is 8.74. The smallest absolute Gasteiger partial charge is 0.264 e. The number of ether oxygens (including phenoxy) is 2. The molecule has 0 aliphatic carbocycles. The van der Waals surface area contributed by atoms with Crippen molar-refractivity contribution in [2.24, 2.45) is 0 Å². The number of nitrogens with one attached hydrogen (secondary N) is 1. The Balaban J connectivity index is 1.46. The van der Waals surface area contributed by atoms with E-state index in [-0.39, 0.29) is 18.5 Å². The van der Waals surface area contributed by atoms with Gasteiger partial charge in [-0.25, -0.2) is 4.52 Å². The standard InChI is InChI=1S/C23H23N5O3/c1-27(2)20-7-5-4-6-19(20)16-8-13-21-24-23(26-28(21)14-16)25-22(29)15-31-18-11-9-17(30-3)10-12-18/h4-14H,15H2,1-3H3,(H,25,26,29). The molecule has 2 aromatic heterocycles. The molecule has 2 heterocycles. The highest BCUT2D eigenvalue weighted by Gasteiger charge is 2.11. The quantitative estimate of drug-likeness (QED) is 0.496. The number of methoxy groups -OCH3 is 1. The van der Waals surface area contributed by atoms with E-state index in [2.05, 4.69) is 32.4 Å². The number of aromatic nitrogens is 3. The first-order valence-electron chi connectivity index (χ1n) is 9.73. The van der Waals surface area contributed by atoms with Gasteiger partial charge in [0.2, 0.25) is 5.95 Å². The van der Waals surface area contributed by atoms with Crippen molar-refractivity contribution in [3.63, 3.8) is 0 Å². The topological polar surface area (TPSA) is 81.0 Å². The molecule has 4 rings (SSSR count). The number of benzene rings is 2. The highest BCUT2D eigenvalue weighted by Crippen LogP contribution is 2.29. The Bertz CT molecular complexity index is 1200. The Labute approximate surface area is 180 Å². The SMILES string of the molecule is COc1ccc(OCC(=O)Nc2nc3ccc(-c4ccccc4N(C)C)cn3n2)cc1. The fourth-order valence-corrected chi connectivity index (χ4v) is 3.18. The average molecular weight is 417 g/mol. The number of para-hydroxylation sites is 1. The maximum Gasteiger partial charge on any atom is 0.264 e. The van der Waals surface area contributed by atoms with Gasteiger partial charge in [-0.1, -0.05) is 18.2 Å². The first-order valence-corrected chi connectivity index (χ1v) is 9.73. The van der Waals surface area contributed by atoms with Crippen LogP contribution in [-0.2, 0) is 4.79 Å². The third-order valence-corrected chi connectivity index (χ3v) is 4.71. The highest BCUT2D eigenvalue weighted by molar-refractivity contribution is 5.90. The minimum Gasteiger partial charge on any atom is -0.497 e. The van der Waals surface area contributed by atoms with Gasteiger partial charge in [0.05, 0.1) is 7.11 Å². The molecule has 0 atom stereocenters. The molecule has 0 aliphatic rings. The van der Waals surface area contributed by atoms with E-state index in [0.717, 1.165) is 22.6 Å². The predicted molar refractivity (Wildman–Crippen MR) is 120 cm³/mol. The molecule has 4 aromatic rings. The molecular formula is C23H23N5O3. The van der Waals surface area contributed by atoms with E-state index in [9.17, 15) is 4.79 Å². The zero-order valence-corrected chi connectivity index (χ0v) is 17.6. The van der Waals surface area contributed by atoms with Gasteiger partial charge in [-0.2, -0.15) is 4.98 Å². The van der Waals surface area contributed by atoms with Crippen LogP contribution in [-0.4, -0.2) is 48.3 Å². The Morgan fingerprint density at radius 1 is 1.03 bits per heavy atom. The molecule has 0 radical (unpaired) electrons. The molecule has 8 heteroatoms. The molecule has 0 bridgehead atoms. The molecule has 8 nitrogen and oxygen atoms in total. The number of hydrogen-bond acceptors (Lipinski definition) is 6. The van der Waals surface area contributed by atoms with Gasteiger partial charge in [-0.05, 0) is 42.5 Å². The Morgan fingerprint density at radius 2 is 1.77 bits per heavy atom. The zero-order valence-electron chi connectivity index (χ0n) is 17.6. The number of rotatable bonds is 7. The van der Waals surface area contributed by atoms with E-state index in [1.165, 1.54) is 0 Å². The number of pyridine rings is 1. The van der Waals surface area contributed by atoms with Gasteiger partial charge in [0, 0.05) is 37.1 Å². The summed E-state index contributed by atoms with van der Waals surface area (Å²) in [4.78, 5) is 18.7. The van der Waals surface area contributed by atoms with Crippen LogP contribution in [0.3, 0.4) is 0 Å². The monoisotopic (exact) mass is 417 g/mol. The number of amides is 1. The van der Waals surface area contributed by atoms with Crippen LogP contribution in [0.2, 0.25) is 0 Å². The summed E-state index contributed by atoms with van der Waals surface area (Å²) in [5, 5.41) is 7.05. The predicted octanol–water partition coefficient (Wildman–Crippen LogP) is 3.49. The summed E-state index contributed by atoms with van der Waals surface area (Å²) in [5.41, 5.74) is 3.83. The molecule has 158 valence electrons. The third kappa shape index (κ3) is 4.58. The van der Waals surface area contributed by atoms with Crippen molar-refractivity contribution < 1.29 is 14.3 Å². The summed E-state index contributed by atoms with van der Waals surface area (Å²) in [5.74, 6) is 1.17. The summed E-state index contributed by atoms with van der Waals surface area (Å²) in [6, 6.07) is 19.0. The van der Waals surface area contributed by atoms with Crippen molar-refractivity contribution in [3.8, 4) is 22.6 Å². The van der Waals surface area contributed by atoms with Crippen molar-refractivity contribution in [2.45, 2.75) is 0 Å². The molecule has 31 heavy (non-hydrogen) atoms. The number of hydrogen-bond donors (Lipinski definition) is 1. The van der Waals surface area contributed by atoms with Gasteiger partial charge in [0.1, 0.15) is 11.5 Å². The molecule has 0 saturated heterocycles. The molecule has 0 unspecified atom stereocenters. The van der Waals surface area contributed by atoms with Crippen LogP contribution < -0.4 is 19.7 Å². The third-order valence-electron chi connectivity index (χ3n) is 4.71. The second-order valence-corrected chi connectivity index (χ2v) is 7.08. The van der Waals surface area contributed by atoms with Crippen LogP contribution in [0.1, 0.15) is 0 Å². The molecule has 1 N–H and O–H groups in total. The van der Waals surface area contributed by atoms with Crippen LogP contribution in [0, 0.1) is 0 Å². The summed E-state index contributed by atoms with van der Waals surface area (Å²) in [6.07, 6.45) is 1.90. The lowest BCUT2D eigenvalue weighted by Crippen LogP contribution is -2.20. The summed E-state index contributed by atoms with van der Waals surface area (Å²) >= 11 is 0. The van der Waals surface area contributed by atoms with Crippen LogP contribution >= 0.6 is 0 Å². The van der Waals surface area contributed by atoms with Crippen molar-refractivity contribution in [1.29, 1.82) is 0 Å². The van der Waals surface area contributed by atoms with Crippen molar-refractivity contribution >= 4 is 23.2 Å². The van der Waals surface area contributed by atoms with Crippen LogP contribution in [0.4, 0.5) is 11.6 Å². The lowest BCUT2D eigenvalue weighted by Gasteiger charge is -2.17. The van der Waals surface area contributed by atoms with Crippen LogP contribution in [0.25, 0.3) is 16.8 Å². The minimum absolute atomic E-state index is 0.149. The van der Waals surface area contributed by atoms with E-state index in [0.29, 0.717) is 11.4 Å².